The van der Waals surface area contributed by atoms with Crippen molar-refractivity contribution in [1.82, 2.24) is 10.2 Å². The molecule has 162 valence electrons. The van der Waals surface area contributed by atoms with Crippen LogP contribution in [0.1, 0.15) is 29.8 Å². The van der Waals surface area contributed by atoms with E-state index < -0.39 is 6.04 Å². The second-order valence-electron chi connectivity index (χ2n) is 7.92. The van der Waals surface area contributed by atoms with Crippen molar-refractivity contribution < 1.29 is 14.3 Å². The molecule has 6 heteroatoms. The number of hydrogen-bond donors (Lipinski definition) is 1. The number of benzene rings is 3. The van der Waals surface area contributed by atoms with E-state index in [-0.39, 0.29) is 17.7 Å². The topological polar surface area (TPSA) is 58.6 Å². The number of nitrogens with zero attached hydrogens (tertiary/aromatic N) is 1. The summed E-state index contributed by atoms with van der Waals surface area (Å²) >= 11 is 6.13. The molecule has 0 fully saturated rings. The molecule has 0 aliphatic rings. The summed E-state index contributed by atoms with van der Waals surface area (Å²) in [4.78, 5) is 27.5. The summed E-state index contributed by atoms with van der Waals surface area (Å²) in [6, 6.07) is 18.1. The van der Waals surface area contributed by atoms with Crippen LogP contribution >= 0.6 is 11.6 Å². The summed E-state index contributed by atoms with van der Waals surface area (Å²) in [5.74, 6) is 0.225. The molecule has 1 unspecified atom stereocenters. The van der Waals surface area contributed by atoms with Gasteiger partial charge in [-0.05, 0) is 52.6 Å². The average molecular weight is 439 g/mol. The van der Waals surface area contributed by atoms with Crippen molar-refractivity contribution in [2.75, 3.05) is 14.2 Å². The van der Waals surface area contributed by atoms with Crippen LogP contribution in [0.5, 0.6) is 5.75 Å². The van der Waals surface area contributed by atoms with Crippen LogP contribution in [0.3, 0.4) is 0 Å². The molecule has 1 N–H and O–H groups in total. The first kappa shape index (κ1) is 22.6. The standard InChI is InChI=1S/C25H27ClN2O3/c1-16(2)23(27-24(29)21-7-5-6-8-22(21)26)25(30)28(3)15-17-9-10-19-14-20(31-4)12-11-18(19)13-17/h5-14,16,23H,15H2,1-4H3,(H,27,29). The number of hydrogen-bond acceptors (Lipinski definition) is 3. The van der Waals surface area contributed by atoms with E-state index in [1.807, 2.05) is 44.2 Å². The maximum atomic E-state index is 13.1. The van der Waals surface area contributed by atoms with Crippen molar-refractivity contribution >= 4 is 34.2 Å². The van der Waals surface area contributed by atoms with E-state index in [1.165, 1.54) is 0 Å². The minimum absolute atomic E-state index is 0.0783. The van der Waals surface area contributed by atoms with Gasteiger partial charge in [0.25, 0.3) is 5.91 Å². The summed E-state index contributed by atoms with van der Waals surface area (Å²) in [7, 11) is 3.39. The molecule has 3 aromatic carbocycles. The number of amides is 2. The lowest BCUT2D eigenvalue weighted by molar-refractivity contribution is -0.133. The first-order valence-corrected chi connectivity index (χ1v) is 10.5. The van der Waals surface area contributed by atoms with Gasteiger partial charge >= 0.3 is 0 Å². The lowest BCUT2D eigenvalue weighted by atomic mass is 10.0. The Balaban J connectivity index is 1.73. The molecule has 31 heavy (non-hydrogen) atoms. The molecule has 0 aliphatic heterocycles. The highest BCUT2D eigenvalue weighted by molar-refractivity contribution is 6.33. The van der Waals surface area contributed by atoms with Gasteiger partial charge in [0.1, 0.15) is 11.8 Å². The Morgan fingerprint density at radius 1 is 1.03 bits per heavy atom. The predicted molar refractivity (Wildman–Crippen MR) is 125 cm³/mol. The number of halogens is 1. The summed E-state index contributed by atoms with van der Waals surface area (Å²) in [5, 5.41) is 5.36. The molecule has 0 heterocycles. The van der Waals surface area contributed by atoms with E-state index in [4.69, 9.17) is 16.3 Å². The molecule has 0 saturated carbocycles. The minimum Gasteiger partial charge on any atom is -0.497 e. The Morgan fingerprint density at radius 2 is 1.71 bits per heavy atom. The number of nitrogens with one attached hydrogen (secondary N) is 1. The third-order valence-electron chi connectivity index (χ3n) is 5.25. The molecule has 5 nitrogen and oxygen atoms in total. The molecular weight excluding hydrogens is 412 g/mol. The number of rotatable bonds is 7. The van der Waals surface area contributed by atoms with Crippen molar-refractivity contribution in [2.45, 2.75) is 26.4 Å². The lowest BCUT2D eigenvalue weighted by Gasteiger charge is -2.27. The zero-order chi connectivity index (χ0) is 22.5. The van der Waals surface area contributed by atoms with Crippen molar-refractivity contribution in [1.29, 1.82) is 0 Å². The van der Waals surface area contributed by atoms with Gasteiger partial charge in [-0.25, -0.2) is 0 Å². The maximum Gasteiger partial charge on any atom is 0.253 e. The summed E-state index contributed by atoms with van der Waals surface area (Å²) < 4.78 is 5.27. The highest BCUT2D eigenvalue weighted by Gasteiger charge is 2.28. The molecule has 3 aromatic rings. The summed E-state index contributed by atoms with van der Waals surface area (Å²) in [5.41, 5.74) is 1.36. The molecule has 2 amide bonds. The number of methoxy groups -OCH3 is 1. The van der Waals surface area contributed by atoms with Crippen LogP contribution in [0, 0.1) is 5.92 Å². The van der Waals surface area contributed by atoms with Crippen molar-refractivity contribution in [3.63, 3.8) is 0 Å². The molecule has 0 saturated heterocycles. The zero-order valence-electron chi connectivity index (χ0n) is 18.2. The monoisotopic (exact) mass is 438 g/mol. The van der Waals surface area contributed by atoms with Crippen LogP contribution in [-0.4, -0.2) is 36.9 Å². The molecule has 0 spiro atoms. The quantitative estimate of drug-likeness (QED) is 0.569. The van der Waals surface area contributed by atoms with Gasteiger partial charge < -0.3 is 15.0 Å². The highest BCUT2D eigenvalue weighted by Crippen LogP contribution is 2.23. The summed E-state index contributed by atoms with van der Waals surface area (Å²) in [6.45, 7) is 4.26. The van der Waals surface area contributed by atoms with Gasteiger partial charge in [0.2, 0.25) is 5.91 Å². The van der Waals surface area contributed by atoms with Gasteiger partial charge in [0.05, 0.1) is 17.7 Å². The summed E-state index contributed by atoms with van der Waals surface area (Å²) in [6.07, 6.45) is 0. The maximum absolute atomic E-state index is 13.1. The van der Waals surface area contributed by atoms with E-state index in [9.17, 15) is 9.59 Å². The fraction of sp³-hybridized carbons (Fsp3) is 0.280. The highest BCUT2D eigenvalue weighted by atomic mass is 35.5. The Labute approximate surface area is 188 Å². The minimum atomic E-state index is -0.654. The number of fused-ring (bicyclic) bond motifs is 1. The normalized spacial score (nSPS) is 11.9. The Morgan fingerprint density at radius 3 is 2.39 bits per heavy atom. The second-order valence-corrected chi connectivity index (χ2v) is 8.32. The predicted octanol–water partition coefficient (Wildman–Crippen LogP) is 4.91. The number of carbonyl (C=O) groups excluding carboxylic acids is 2. The first-order valence-electron chi connectivity index (χ1n) is 10.2. The molecule has 0 aromatic heterocycles. The van der Waals surface area contributed by atoms with E-state index in [2.05, 4.69) is 11.4 Å². The van der Waals surface area contributed by atoms with Crippen molar-refractivity contribution in [3.05, 3.63) is 76.8 Å². The Hall–Kier alpha value is -3.05. The molecule has 0 radical (unpaired) electrons. The Bertz CT molecular complexity index is 1100. The molecular formula is C25H27ClN2O3. The lowest BCUT2D eigenvalue weighted by Crippen LogP contribution is -2.50. The van der Waals surface area contributed by atoms with E-state index >= 15 is 0 Å². The smallest absolute Gasteiger partial charge is 0.253 e. The molecule has 0 bridgehead atoms. The van der Waals surface area contributed by atoms with Crippen molar-refractivity contribution in [3.8, 4) is 5.75 Å². The molecule has 0 aliphatic carbocycles. The van der Waals surface area contributed by atoms with Gasteiger partial charge in [-0.15, -0.1) is 0 Å². The number of likely N-dealkylation sites (N-methyl/N-ethyl adjacent to an activating group) is 1. The second kappa shape index (κ2) is 9.84. The van der Waals surface area contributed by atoms with Gasteiger partial charge in [0.15, 0.2) is 0 Å². The first-order chi connectivity index (χ1) is 14.8. The largest absolute Gasteiger partial charge is 0.497 e. The third-order valence-corrected chi connectivity index (χ3v) is 5.58. The van der Waals surface area contributed by atoms with Gasteiger partial charge in [0, 0.05) is 13.6 Å². The van der Waals surface area contributed by atoms with Crippen LogP contribution in [0.2, 0.25) is 5.02 Å². The van der Waals surface area contributed by atoms with Crippen LogP contribution in [0.15, 0.2) is 60.7 Å². The van der Waals surface area contributed by atoms with Crippen molar-refractivity contribution in [2.24, 2.45) is 5.92 Å². The zero-order valence-corrected chi connectivity index (χ0v) is 18.9. The van der Waals surface area contributed by atoms with Gasteiger partial charge in [-0.3, -0.25) is 9.59 Å². The number of ether oxygens (including phenoxy) is 1. The molecule has 3 rings (SSSR count). The van der Waals surface area contributed by atoms with Crippen LogP contribution in [-0.2, 0) is 11.3 Å². The number of carbonyl (C=O) groups is 2. The Kier molecular flexibility index (Phi) is 7.18. The van der Waals surface area contributed by atoms with Gasteiger partial charge in [-0.1, -0.05) is 55.8 Å². The third kappa shape index (κ3) is 5.36. The van der Waals surface area contributed by atoms with E-state index in [0.717, 1.165) is 22.1 Å². The van der Waals surface area contributed by atoms with E-state index in [1.54, 1.807) is 43.3 Å². The molecule has 1 atom stereocenters. The fourth-order valence-corrected chi connectivity index (χ4v) is 3.69. The van der Waals surface area contributed by atoms with Crippen LogP contribution in [0.25, 0.3) is 10.8 Å². The fourth-order valence-electron chi connectivity index (χ4n) is 3.47. The van der Waals surface area contributed by atoms with E-state index in [0.29, 0.717) is 17.1 Å². The SMILES string of the molecule is COc1ccc2cc(CN(C)C(=O)C(NC(=O)c3ccccc3Cl)C(C)C)ccc2c1. The van der Waals surface area contributed by atoms with Crippen LogP contribution in [0.4, 0.5) is 0 Å². The van der Waals surface area contributed by atoms with Gasteiger partial charge in [-0.2, -0.15) is 0 Å². The average Bonchev–Trinajstić information content (AvgIpc) is 2.76. The van der Waals surface area contributed by atoms with Crippen LogP contribution < -0.4 is 10.1 Å².